The lowest BCUT2D eigenvalue weighted by molar-refractivity contribution is -0.136. The molecule has 0 aromatic carbocycles. The van der Waals surface area contributed by atoms with Crippen LogP contribution in [0.25, 0.3) is 5.57 Å². The normalized spacial score (nSPS) is 16.0. The van der Waals surface area contributed by atoms with E-state index in [0.717, 1.165) is 24.1 Å². The first-order chi connectivity index (χ1) is 8.66. The van der Waals surface area contributed by atoms with E-state index in [4.69, 9.17) is 11.6 Å². The summed E-state index contributed by atoms with van der Waals surface area (Å²) in [6.07, 6.45) is 2.88. The van der Waals surface area contributed by atoms with Crippen molar-refractivity contribution in [1.82, 2.24) is 4.90 Å². The quantitative estimate of drug-likeness (QED) is 0.614. The number of unbranched alkanes of at least 4 members (excludes halogenated alkanes) is 2. The van der Waals surface area contributed by atoms with Gasteiger partial charge >= 0.3 is 0 Å². The van der Waals surface area contributed by atoms with Crippen LogP contribution in [0.5, 0.6) is 0 Å². The van der Waals surface area contributed by atoms with Gasteiger partial charge in [-0.15, -0.1) is 11.3 Å². The lowest BCUT2D eigenvalue weighted by atomic mass is 10.2. The summed E-state index contributed by atoms with van der Waals surface area (Å²) in [6.45, 7) is 2.53. The Kier molecular flexibility index (Phi) is 4.19. The average Bonchev–Trinajstić information content (AvgIpc) is 2.93. The Morgan fingerprint density at radius 1 is 1.28 bits per heavy atom. The second kappa shape index (κ2) is 5.67. The van der Waals surface area contributed by atoms with Crippen LogP contribution in [0.4, 0.5) is 0 Å². The molecule has 96 valence electrons. The summed E-state index contributed by atoms with van der Waals surface area (Å²) < 4.78 is 0. The molecule has 0 saturated heterocycles. The van der Waals surface area contributed by atoms with Gasteiger partial charge in [0.05, 0.1) is 5.57 Å². The van der Waals surface area contributed by atoms with Crippen LogP contribution in [0, 0.1) is 0 Å². The van der Waals surface area contributed by atoms with Crippen LogP contribution in [0.3, 0.4) is 0 Å². The van der Waals surface area contributed by atoms with Crippen molar-refractivity contribution in [2.24, 2.45) is 0 Å². The van der Waals surface area contributed by atoms with Crippen molar-refractivity contribution in [2.45, 2.75) is 26.2 Å². The van der Waals surface area contributed by atoms with Gasteiger partial charge in [-0.05, 0) is 17.9 Å². The number of imide groups is 1. The van der Waals surface area contributed by atoms with Gasteiger partial charge in [-0.3, -0.25) is 14.5 Å². The minimum atomic E-state index is -0.360. The molecule has 0 aliphatic carbocycles. The number of amides is 2. The van der Waals surface area contributed by atoms with Gasteiger partial charge in [0.1, 0.15) is 5.03 Å². The molecule has 1 aliphatic heterocycles. The molecule has 2 amide bonds. The van der Waals surface area contributed by atoms with Crippen molar-refractivity contribution in [3.8, 4) is 0 Å². The summed E-state index contributed by atoms with van der Waals surface area (Å²) in [5.41, 5.74) is 0.355. The molecule has 3 nitrogen and oxygen atoms in total. The molecule has 0 atom stereocenters. The third-order valence-electron chi connectivity index (χ3n) is 2.86. The van der Waals surface area contributed by atoms with Gasteiger partial charge < -0.3 is 0 Å². The van der Waals surface area contributed by atoms with E-state index < -0.39 is 0 Å². The first-order valence-corrected chi connectivity index (χ1v) is 7.22. The summed E-state index contributed by atoms with van der Waals surface area (Å²) >= 11 is 7.41. The molecule has 0 radical (unpaired) electrons. The van der Waals surface area contributed by atoms with Crippen molar-refractivity contribution < 1.29 is 9.59 Å². The highest BCUT2D eigenvalue weighted by molar-refractivity contribution is 7.11. The van der Waals surface area contributed by atoms with Crippen molar-refractivity contribution >= 4 is 40.3 Å². The fourth-order valence-electron chi connectivity index (χ4n) is 1.90. The van der Waals surface area contributed by atoms with Gasteiger partial charge in [-0.25, -0.2) is 0 Å². The molecular formula is C13H14ClNO2S. The fraction of sp³-hybridized carbons (Fsp3) is 0.385. The molecule has 0 fully saturated rings. The van der Waals surface area contributed by atoms with E-state index in [1.807, 2.05) is 17.5 Å². The van der Waals surface area contributed by atoms with Gasteiger partial charge in [0.15, 0.2) is 0 Å². The van der Waals surface area contributed by atoms with Crippen LogP contribution in [0.1, 0.15) is 31.1 Å². The monoisotopic (exact) mass is 283 g/mol. The van der Waals surface area contributed by atoms with Crippen LogP contribution in [0.15, 0.2) is 22.5 Å². The molecule has 0 bridgehead atoms. The zero-order chi connectivity index (χ0) is 13.1. The highest BCUT2D eigenvalue weighted by atomic mass is 35.5. The number of halogens is 1. The number of nitrogens with zero attached hydrogens (tertiary/aromatic N) is 1. The molecular weight excluding hydrogens is 270 g/mol. The largest absolute Gasteiger partial charge is 0.274 e. The van der Waals surface area contributed by atoms with Crippen molar-refractivity contribution in [1.29, 1.82) is 0 Å². The van der Waals surface area contributed by atoms with Crippen LogP contribution < -0.4 is 0 Å². The number of hydrogen-bond donors (Lipinski definition) is 0. The average molecular weight is 284 g/mol. The molecule has 1 aromatic heterocycles. The number of hydrogen-bond acceptors (Lipinski definition) is 3. The Bertz CT molecular complexity index is 493. The van der Waals surface area contributed by atoms with Crippen molar-refractivity contribution in [3.63, 3.8) is 0 Å². The van der Waals surface area contributed by atoms with E-state index in [1.165, 1.54) is 16.2 Å². The van der Waals surface area contributed by atoms with Crippen LogP contribution in [0.2, 0.25) is 0 Å². The number of rotatable bonds is 5. The molecule has 0 unspecified atom stereocenters. The fourth-order valence-corrected chi connectivity index (χ4v) is 3.01. The highest BCUT2D eigenvalue weighted by Gasteiger charge is 2.37. The van der Waals surface area contributed by atoms with Crippen molar-refractivity contribution in [3.05, 3.63) is 27.4 Å². The minimum absolute atomic E-state index is 0.0546. The second-order valence-electron chi connectivity index (χ2n) is 4.14. The third kappa shape index (κ3) is 2.35. The maximum absolute atomic E-state index is 12.2. The van der Waals surface area contributed by atoms with E-state index in [2.05, 4.69) is 6.92 Å². The lowest BCUT2D eigenvalue weighted by Gasteiger charge is -2.13. The van der Waals surface area contributed by atoms with E-state index in [9.17, 15) is 9.59 Å². The summed E-state index contributed by atoms with van der Waals surface area (Å²) in [5, 5.41) is 1.92. The summed E-state index contributed by atoms with van der Waals surface area (Å²) in [6, 6.07) is 3.65. The Hall–Kier alpha value is -1.13. The maximum atomic E-state index is 12.2. The minimum Gasteiger partial charge on any atom is -0.274 e. The molecule has 1 aliphatic rings. The molecule has 0 spiro atoms. The Morgan fingerprint density at radius 2 is 2.06 bits per heavy atom. The first-order valence-electron chi connectivity index (χ1n) is 5.96. The van der Waals surface area contributed by atoms with Gasteiger partial charge in [0, 0.05) is 11.4 Å². The zero-order valence-corrected chi connectivity index (χ0v) is 11.7. The van der Waals surface area contributed by atoms with Crippen LogP contribution >= 0.6 is 22.9 Å². The Morgan fingerprint density at radius 3 is 2.67 bits per heavy atom. The van der Waals surface area contributed by atoms with Gasteiger partial charge in [0.2, 0.25) is 0 Å². The maximum Gasteiger partial charge on any atom is 0.273 e. The summed E-state index contributed by atoms with van der Waals surface area (Å²) in [7, 11) is 0. The van der Waals surface area contributed by atoms with Crippen LogP contribution in [-0.4, -0.2) is 23.3 Å². The molecule has 0 N–H and O–H groups in total. The molecule has 2 heterocycles. The first kappa shape index (κ1) is 13.3. The van der Waals surface area contributed by atoms with E-state index in [-0.39, 0.29) is 16.8 Å². The Balaban J connectivity index is 2.18. The summed E-state index contributed by atoms with van der Waals surface area (Å²) in [4.78, 5) is 26.1. The standard InChI is InChI=1S/C13H14ClNO2S/c1-2-3-4-7-15-12(16)10(11(14)13(15)17)9-6-5-8-18-9/h5-6,8H,2-4,7H2,1H3. The molecule has 5 heteroatoms. The van der Waals surface area contributed by atoms with E-state index >= 15 is 0 Å². The highest BCUT2D eigenvalue weighted by Crippen LogP contribution is 2.33. The molecule has 1 aromatic rings. The second-order valence-corrected chi connectivity index (χ2v) is 5.46. The number of carbonyl (C=O) groups excluding carboxylic acids is 2. The number of carbonyl (C=O) groups is 2. The smallest absolute Gasteiger partial charge is 0.273 e. The lowest BCUT2D eigenvalue weighted by Crippen LogP contribution is -2.32. The SMILES string of the molecule is CCCCCN1C(=O)C(Cl)=C(c2cccs2)C1=O. The predicted molar refractivity (Wildman–Crippen MR) is 73.3 cm³/mol. The van der Waals surface area contributed by atoms with E-state index in [1.54, 1.807) is 0 Å². The predicted octanol–water partition coefficient (Wildman–Crippen LogP) is 3.26. The topological polar surface area (TPSA) is 37.4 Å². The Labute approximate surface area is 115 Å². The summed E-state index contributed by atoms with van der Waals surface area (Å²) in [5.74, 6) is -0.621. The molecule has 18 heavy (non-hydrogen) atoms. The van der Waals surface area contributed by atoms with Crippen LogP contribution in [-0.2, 0) is 9.59 Å². The zero-order valence-electron chi connectivity index (χ0n) is 10.1. The van der Waals surface area contributed by atoms with Gasteiger partial charge in [-0.1, -0.05) is 37.4 Å². The van der Waals surface area contributed by atoms with E-state index in [0.29, 0.717) is 12.1 Å². The van der Waals surface area contributed by atoms with Crippen molar-refractivity contribution in [2.75, 3.05) is 6.54 Å². The number of thiophene rings is 1. The van der Waals surface area contributed by atoms with Gasteiger partial charge in [0.25, 0.3) is 11.8 Å². The van der Waals surface area contributed by atoms with Gasteiger partial charge in [-0.2, -0.15) is 0 Å². The molecule has 0 saturated carbocycles. The molecule has 2 rings (SSSR count). The third-order valence-corrected chi connectivity index (χ3v) is 4.10.